The van der Waals surface area contributed by atoms with E-state index in [2.05, 4.69) is 42.8 Å². The molecule has 6 aliphatic carbocycles. The Morgan fingerprint density at radius 1 is 0.414 bits per heavy atom. The quantitative estimate of drug-likeness (QED) is 0.0469. The van der Waals surface area contributed by atoms with E-state index in [-0.39, 0.29) is 91.7 Å². The Hall–Kier alpha value is -4.93. The summed E-state index contributed by atoms with van der Waals surface area (Å²) in [5.41, 5.74) is 8.68. The van der Waals surface area contributed by atoms with Gasteiger partial charge in [0.1, 0.15) is 34.7 Å². The van der Waals surface area contributed by atoms with Gasteiger partial charge in [-0.05, 0) is 377 Å². The van der Waals surface area contributed by atoms with Gasteiger partial charge in [-0.1, -0.05) is 144 Å². The van der Waals surface area contributed by atoms with Crippen molar-refractivity contribution in [3.63, 3.8) is 0 Å². The maximum Gasteiger partial charge on any atom is 2.00 e. The molecule has 5 fully saturated rings. The van der Waals surface area contributed by atoms with Crippen LogP contribution in [0.3, 0.4) is 0 Å². The van der Waals surface area contributed by atoms with E-state index in [0.717, 1.165) is 118 Å². The van der Waals surface area contributed by atoms with E-state index in [1.54, 1.807) is 77.9 Å². The maximum atomic E-state index is 15.4. The molecule has 1 unspecified atom stereocenters. The van der Waals surface area contributed by atoms with Crippen molar-refractivity contribution in [1.82, 2.24) is 0 Å². The molecular weight excluding hydrogens is 1570 g/mol. The van der Waals surface area contributed by atoms with Gasteiger partial charge in [-0.2, -0.15) is 40.2 Å². The number of benzene rings is 6. The van der Waals surface area contributed by atoms with Crippen LogP contribution in [0.2, 0.25) is 0 Å². The fraction of sp³-hybridized carbons (Fsp3) is 0.600. The second-order valence-electron chi connectivity index (χ2n) is 35.5. The molecular formula is C100H136BrClF8MgO5. The molecule has 0 saturated heterocycles. The first-order valence-electron chi connectivity index (χ1n) is 43.3. The van der Waals surface area contributed by atoms with Crippen LogP contribution in [-0.2, 0) is 28.7 Å². The predicted molar refractivity (Wildman–Crippen MR) is 462 cm³/mol. The molecule has 0 amide bonds. The zero-order valence-electron chi connectivity index (χ0n) is 73.4. The molecule has 116 heavy (non-hydrogen) atoms. The van der Waals surface area contributed by atoms with Crippen molar-refractivity contribution in [3.8, 4) is 17.2 Å². The average molecular weight is 1710 g/mol. The third-order valence-electron chi connectivity index (χ3n) is 26.5. The predicted octanol–water partition coefficient (Wildman–Crippen LogP) is 27.5. The zero-order chi connectivity index (χ0) is 83.7. The molecule has 5 nitrogen and oxygen atoms in total. The van der Waals surface area contributed by atoms with Gasteiger partial charge in [0.15, 0.2) is 0 Å². The van der Waals surface area contributed by atoms with E-state index in [0.29, 0.717) is 57.9 Å². The first-order chi connectivity index (χ1) is 53.8. The van der Waals surface area contributed by atoms with E-state index < -0.39 is 35.6 Å². The Kier molecular flexibility index (Phi) is 39.0. The number of ether oxygens (including phenoxy) is 3. The van der Waals surface area contributed by atoms with Crippen molar-refractivity contribution >= 4 is 50.3 Å². The molecule has 638 valence electrons. The van der Waals surface area contributed by atoms with Gasteiger partial charge >= 0.3 is 41.4 Å². The molecule has 0 bridgehead atoms. The monoisotopic (exact) mass is 1710 g/mol. The molecule has 0 radical (unpaired) electrons. The van der Waals surface area contributed by atoms with E-state index in [9.17, 15) is 27.5 Å². The van der Waals surface area contributed by atoms with Crippen molar-refractivity contribution < 1.29 is 71.6 Å². The summed E-state index contributed by atoms with van der Waals surface area (Å²) in [5.74, 6) is 7.57. The number of hydrogen-bond donors (Lipinski definition) is 1. The molecule has 12 rings (SSSR count). The average Bonchev–Trinajstić information content (AvgIpc) is 0.753. The summed E-state index contributed by atoms with van der Waals surface area (Å²) >= 11 is 3.28. The molecule has 5 saturated carbocycles. The van der Waals surface area contributed by atoms with Gasteiger partial charge in [0, 0.05) is 17.3 Å². The zero-order valence-corrected chi connectivity index (χ0v) is 77.1. The SMILES string of the molecule is CCCC1CCC(C2CC=C(c3cc(C)c(C(F)(F)Oc4cc(C)c(C)c(C)c4)c(C)c3)CC2)CC1.CCCC1CCC(C2CCC(=O)CC2)CC1.CCCC1CCC(C2CCC(O)(c3cc(C)c(C(F)(F)Oc4cc(C)c(F)c(C)c4)c(C)c3)CC2)CC1.C[CH-]C.Cc1cc(OC(F)(F)c2c(C)cc(Br)cc2C)cc(C)c1F.[Cl-].[Mg+2]. The third-order valence-corrected chi connectivity index (χ3v) is 26.9. The van der Waals surface area contributed by atoms with E-state index >= 15 is 17.6 Å². The van der Waals surface area contributed by atoms with Crippen molar-refractivity contribution in [2.45, 2.75) is 335 Å². The summed E-state index contributed by atoms with van der Waals surface area (Å²) in [7, 11) is 0. The van der Waals surface area contributed by atoms with Crippen molar-refractivity contribution in [1.29, 1.82) is 0 Å². The van der Waals surface area contributed by atoms with Crippen LogP contribution in [0.15, 0.2) is 83.3 Å². The number of aliphatic hydroxyl groups is 1. The maximum absolute atomic E-state index is 15.4. The van der Waals surface area contributed by atoms with Crippen molar-refractivity contribution in [2.75, 3.05) is 0 Å². The molecule has 0 aliphatic heterocycles. The molecule has 6 aromatic carbocycles. The minimum absolute atomic E-state index is 0. The molecule has 16 heteroatoms. The molecule has 0 heterocycles. The molecule has 1 atom stereocenters. The molecule has 0 aromatic heterocycles. The Labute approximate surface area is 723 Å². The second-order valence-corrected chi connectivity index (χ2v) is 36.4. The van der Waals surface area contributed by atoms with Gasteiger partial charge < -0.3 is 38.1 Å². The number of halogens is 10. The topological polar surface area (TPSA) is 65.0 Å². The fourth-order valence-corrected chi connectivity index (χ4v) is 20.9. The molecule has 0 spiro atoms. The largest absolute Gasteiger partial charge is 2.00 e. The van der Waals surface area contributed by atoms with Crippen LogP contribution in [0.25, 0.3) is 5.57 Å². The summed E-state index contributed by atoms with van der Waals surface area (Å²) in [5, 5.41) is 11.6. The normalized spacial score (nSPS) is 22.6. The Morgan fingerprint density at radius 2 is 0.698 bits per heavy atom. The Balaban J connectivity index is 0.000000247. The van der Waals surface area contributed by atoms with Crippen LogP contribution in [0.5, 0.6) is 17.2 Å². The summed E-state index contributed by atoms with van der Waals surface area (Å²) < 4.78 is 134. The van der Waals surface area contributed by atoms with Crippen LogP contribution in [0, 0.1) is 161 Å². The van der Waals surface area contributed by atoms with Crippen molar-refractivity contribution in [3.05, 3.63) is 202 Å². The number of rotatable bonds is 20. The van der Waals surface area contributed by atoms with Crippen LogP contribution >= 0.6 is 15.9 Å². The van der Waals surface area contributed by atoms with Gasteiger partial charge in [0.2, 0.25) is 0 Å². The standard InChI is InChI=1S/C33H44F2O.C32H43F3O2.C17H16BrF3O.C15H26O.C3H7.ClH.Mg/c1-7-8-26-9-11-27(12-10-26)28-13-15-29(16-14-28)30-17-23(4)32(24(5)18-30)33(34,35)36-31-19-21(2)25(6)22(3)20-31;1-6-7-24-8-10-25(11-9-24)26-12-14-31(36,15-13-26)27-16-20(2)29(21(3)17-27)32(34,35)37-28-18-22(4)30(33)23(5)19-28;1-9-5-13(18)6-10(2)15(9)17(20,21)22-14-7-11(3)16(19)12(4)8-14;1-2-3-12-4-6-13(7-5-12)14-8-10-15(16)11-9-14;1-3-2;;/h15,17-20,26-28H,7-14,16H2,1-6H3;16-19,24-26,36H,6-15H2,1-5H3;5-8H,1-4H3;12-14H,2-11H2,1H3;3H,1-2H3;1H;/q;;;;-1;;+2/p-1. The number of alkyl halides is 6. The van der Waals surface area contributed by atoms with Crippen molar-refractivity contribution in [2.24, 2.45) is 53.3 Å². The number of hydrogen-bond acceptors (Lipinski definition) is 5. The van der Waals surface area contributed by atoms with E-state index in [4.69, 9.17) is 14.2 Å². The number of ketones is 1. The first-order valence-corrected chi connectivity index (χ1v) is 44.1. The number of carbonyl (C=O) groups is 1. The number of carbonyl (C=O) groups excluding carboxylic acids is 1. The first kappa shape index (κ1) is 99.9. The molecule has 1 N–H and O–H groups in total. The van der Waals surface area contributed by atoms with Gasteiger partial charge in [0.05, 0.1) is 22.3 Å². The minimum Gasteiger partial charge on any atom is -1.00 e. The number of Topliss-reactive ketones (excluding diaryl/α,β-unsaturated/α-hetero) is 1. The summed E-state index contributed by atoms with van der Waals surface area (Å²) in [6, 6.07) is 19.1. The van der Waals surface area contributed by atoms with Gasteiger partial charge in [0.25, 0.3) is 0 Å². The summed E-state index contributed by atoms with van der Waals surface area (Å²) in [6.45, 7) is 32.9. The van der Waals surface area contributed by atoms with Gasteiger partial charge in [-0.15, -0.1) is 0 Å². The van der Waals surface area contributed by atoms with E-state index in [1.807, 2.05) is 53.2 Å². The van der Waals surface area contributed by atoms with Crippen LogP contribution < -0.4 is 26.6 Å². The Morgan fingerprint density at radius 3 is 1.02 bits per heavy atom. The van der Waals surface area contributed by atoms with Gasteiger partial charge in [-0.3, -0.25) is 4.79 Å². The minimum atomic E-state index is -3.58. The smallest absolute Gasteiger partial charge is 1.00 e. The summed E-state index contributed by atoms with van der Waals surface area (Å²) in [6.07, 6.45) is 29.6. The second kappa shape index (κ2) is 45.3. The van der Waals surface area contributed by atoms with Crippen LogP contribution in [-0.4, -0.2) is 33.9 Å². The summed E-state index contributed by atoms with van der Waals surface area (Å²) in [4.78, 5) is 11.2. The third kappa shape index (κ3) is 27.0. The molecule has 6 aliphatic rings. The van der Waals surface area contributed by atoms with Crippen LogP contribution in [0.4, 0.5) is 35.1 Å². The van der Waals surface area contributed by atoms with E-state index in [1.165, 1.54) is 192 Å². The number of aryl methyl sites for hydroxylation is 12. The molecule has 6 aromatic rings. The fourth-order valence-electron chi connectivity index (χ4n) is 20.2. The Bertz CT molecular complexity index is 4030. The number of allylic oxidation sites excluding steroid dienone is 2. The van der Waals surface area contributed by atoms with Gasteiger partial charge in [-0.25, -0.2) is 8.78 Å². The van der Waals surface area contributed by atoms with Crippen LogP contribution in [0.1, 0.15) is 321 Å².